The quantitative estimate of drug-likeness (QED) is 0.846. The fraction of sp³-hybridized carbons (Fsp3) is 0.438. The van der Waals surface area contributed by atoms with Gasteiger partial charge >= 0.3 is 0 Å². The summed E-state index contributed by atoms with van der Waals surface area (Å²) in [5.74, 6) is -0.348. The summed E-state index contributed by atoms with van der Waals surface area (Å²) in [5.41, 5.74) is 0.198. The van der Waals surface area contributed by atoms with Gasteiger partial charge in [-0.1, -0.05) is 6.07 Å². The lowest BCUT2D eigenvalue weighted by Gasteiger charge is -2.34. The molecule has 1 amide bonds. The van der Waals surface area contributed by atoms with Gasteiger partial charge in [0, 0.05) is 16.6 Å². The molecule has 4 rings (SSSR count). The van der Waals surface area contributed by atoms with Crippen LogP contribution in [0.4, 0.5) is 4.39 Å². The molecule has 120 valence electrons. The van der Waals surface area contributed by atoms with Crippen LogP contribution in [-0.4, -0.2) is 42.3 Å². The molecule has 2 aliphatic heterocycles. The van der Waals surface area contributed by atoms with Gasteiger partial charge in [0.1, 0.15) is 11.9 Å². The second-order valence-electron chi connectivity index (χ2n) is 6.07. The van der Waals surface area contributed by atoms with E-state index < -0.39 is 5.66 Å². The van der Waals surface area contributed by atoms with Crippen molar-refractivity contribution in [1.29, 1.82) is 0 Å². The number of thiophene rings is 1. The first-order valence-electron chi connectivity index (χ1n) is 7.52. The van der Waals surface area contributed by atoms with Crippen LogP contribution in [0.3, 0.4) is 0 Å². The van der Waals surface area contributed by atoms with Crippen molar-refractivity contribution in [3.63, 3.8) is 0 Å². The summed E-state index contributed by atoms with van der Waals surface area (Å²) in [6, 6.07) is 4.94. The molecule has 7 heteroatoms. The number of rotatable bonds is 2. The summed E-state index contributed by atoms with van der Waals surface area (Å²) in [6.45, 7) is 5.15. The molecule has 1 atom stereocenters. The summed E-state index contributed by atoms with van der Waals surface area (Å²) in [6.07, 6.45) is -0.202. The first-order chi connectivity index (χ1) is 11.0. The zero-order chi connectivity index (χ0) is 16.2. The second-order valence-corrected chi connectivity index (χ2v) is 7.13. The highest BCUT2D eigenvalue weighted by atomic mass is 32.1. The number of aryl methyl sites for hydroxylation is 1. The van der Waals surface area contributed by atoms with Crippen molar-refractivity contribution < 1.29 is 13.9 Å². The van der Waals surface area contributed by atoms with E-state index in [2.05, 4.69) is 10.2 Å². The minimum Gasteiger partial charge on any atom is -0.370 e. The first kappa shape index (κ1) is 14.7. The van der Waals surface area contributed by atoms with Gasteiger partial charge in [0.05, 0.1) is 18.0 Å². The van der Waals surface area contributed by atoms with Gasteiger partial charge in [-0.2, -0.15) is 10.2 Å². The van der Waals surface area contributed by atoms with Crippen molar-refractivity contribution in [2.45, 2.75) is 25.6 Å². The Hall–Kier alpha value is -1.86. The number of halogens is 1. The number of hydrogen-bond donors (Lipinski definition) is 0. The third-order valence-corrected chi connectivity index (χ3v) is 5.72. The summed E-state index contributed by atoms with van der Waals surface area (Å²) in [5, 5.41) is 8.55. The lowest BCUT2D eigenvalue weighted by atomic mass is 10.1. The molecule has 1 saturated heterocycles. The highest BCUT2D eigenvalue weighted by Gasteiger charge is 2.47. The van der Waals surface area contributed by atoms with Gasteiger partial charge in [0.25, 0.3) is 5.91 Å². The molecule has 3 heterocycles. The monoisotopic (exact) mass is 333 g/mol. The van der Waals surface area contributed by atoms with Crippen LogP contribution in [0.25, 0.3) is 10.1 Å². The molecular formula is C16H16FN3O2S. The van der Waals surface area contributed by atoms with E-state index in [1.165, 1.54) is 17.4 Å². The molecule has 0 bridgehead atoms. The minimum atomic E-state index is -0.514. The van der Waals surface area contributed by atoms with Gasteiger partial charge in [-0.15, -0.1) is 11.3 Å². The summed E-state index contributed by atoms with van der Waals surface area (Å²) >= 11 is 1.35. The molecule has 0 spiro atoms. The zero-order valence-electron chi connectivity index (χ0n) is 12.9. The van der Waals surface area contributed by atoms with Crippen LogP contribution >= 0.6 is 11.3 Å². The molecule has 2 aliphatic rings. The van der Waals surface area contributed by atoms with Gasteiger partial charge in [-0.3, -0.25) is 4.79 Å². The first-order valence-corrected chi connectivity index (χ1v) is 8.34. The summed E-state index contributed by atoms with van der Waals surface area (Å²) < 4.78 is 20.5. The number of morpholine rings is 1. The fourth-order valence-corrected chi connectivity index (χ4v) is 4.16. The van der Waals surface area contributed by atoms with Gasteiger partial charge < -0.3 is 9.64 Å². The van der Waals surface area contributed by atoms with Gasteiger partial charge in [0.15, 0.2) is 0 Å². The summed E-state index contributed by atoms with van der Waals surface area (Å²) in [7, 11) is 0. The molecule has 0 aliphatic carbocycles. The van der Waals surface area contributed by atoms with E-state index in [0.717, 1.165) is 4.70 Å². The average molecular weight is 333 g/mol. The third kappa shape index (κ3) is 2.35. The van der Waals surface area contributed by atoms with E-state index in [4.69, 9.17) is 4.74 Å². The summed E-state index contributed by atoms with van der Waals surface area (Å²) in [4.78, 5) is 15.3. The normalized spacial score (nSPS) is 22.6. The lowest BCUT2D eigenvalue weighted by molar-refractivity contribution is -0.0386. The molecule has 5 nitrogen and oxygen atoms in total. The van der Waals surface area contributed by atoms with Crippen molar-refractivity contribution in [3.05, 3.63) is 34.5 Å². The van der Waals surface area contributed by atoms with Crippen LogP contribution in [0.15, 0.2) is 28.4 Å². The molecule has 0 saturated carbocycles. The van der Waals surface area contributed by atoms with Crippen molar-refractivity contribution in [2.75, 3.05) is 19.7 Å². The van der Waals surface area contributed by atoms with Crippen molar-refractivity contribution in [2.24, 2.45) is 10.2 Å². The van der Waals surface area contributed by atoms with Crippen molar-refractivity contribution >= 4 is 27.3 Å². The maximum Gasteiger partial charge on any atom is 0.264 e. The largest absolute Gasteiger partial charge is 0.370 e. The average Bonchev–Trinajstić information content (AvgIpc) is 3.21. The van der Waals surface area contributed by atoms with Gasteiger partial charge in [-0.25, -0.2) is 4.39 Å². The molecule has 23 heavy (non-hydrogen) atoms. The van der Waals surface area contributed by atoms with Crippen LogP contribution in [0.1, 0.15) is 22.2 Å². The van der Waals surface area contributed by atoms with E-state index in [0.29, 0.717) is 35.5 Å². The van der Waals surface area contributed by atoms with E-state index >= 15 is 0 Å². The van der Waals surface area contributed by atoms with E-state index in [1.807, 2.05) is 13.0 Å². The zero-order valence-corrected chi connectivity index (χ0v) is 13.7. The predicted octanol–water partition coefficient (Wildman–Crippen LogP) is 3.37. The Morgan fingerprint density at radius 3 is 2.96 bits per heavy atom. The van der Waals surface area contributed by atoms with Crippen molar-refractivity contribution in [3.8, 4) is 0 Å². The number of nitrogens with zero attached hydrogens (tertiary/aromatic N) is 3. The number of benzene rings is 1. The lowest BCUT2D eigenvalue weighted by Crippen LogP contribution is -2.50. The van der Waals surface area contributed by atoms with E-state index in [1.54, 1.807) is 17.9 Å². The number of hydrogen-bond acceptors (Lipinski definition) is 5. The maximum absolute atomic E-state index is 14.0. The highest BCUT2D eigenvalue weighted by Crippen LogP contribution is 2.36. The maximum atomic E-state index is 14.0. The van der Waals surface area contributed by atoms with Crippen LogP contribution < -0.4 is 0 Å². The number of ether oxygens (including phenoxy) is 1. The SMILES string of the molecule is Cc1c(C(=O)N2CCOC(C3(C)N=N3)C2)sc2cccc(F)c12. The third-order valence-electron chi connectivity index (χ3n) is 4.48. The Morgan fingerprint density at radius 1 is 1.48 bits per heavy atom. The molecule has 1 fully saturated rings. The molecule has 1 unspecified atom stereocenters. The number of amides is 1. The van der Waals surface area contributed by atoms with Crippen LogP contribution in [0.2, 0.25) is 0 Å². The van der Waals surface area contributed by atoms with Crippen molar-refractivity contribution in [1.82, 2.24) is 4.90 Å². The van der Waals surface area contributed by atoms with Gasteiger partial charge in [-0.05, 0) is 31.5 Å². The number of carbonyl (C=O) groups is 1. The van der Waals surface area contributed by atoms with Crippen LogP contribution in [0, 0.1) is 12.7 Å². The number of fused-ring (bicyclic) bond motifs is 1. The van der Waals surface area contributed by atoms with Crippen LogP contribution in [-0.2, 0) is 4.74 Å². The molecule has 0 radical (unpaired) electrons. The Labute approximate surface area is 136 Å². The van der Waals surface area contributed by atoms with Gasteiger partial charge in [0.2, 0.25) is 5.66 Å². The predicted molar refractivity (Wildman–Crippen MR) is 85.4 cm³/mol. The Bertz CT molecular complexity index is 826. The van der Waals surface area contributed by atoms with Crippen LogP contribution in [0.5, 0.6) is 0 Å². The fourth-order valence-electron chi connectivity index (χ4n) is 2.97. The topological polar surface area (TPSA) is 54.3 Å². The van der Waals surface area contributed by atoms with E-state index in [9.17, 15) is 9.18 Å². The second kappa shape index (κ2) is 5.07. The molecular weight excluding hydrogens is 317 g/mol. The Morgan fingerprint density at radius 2 is 2.26 bits per heavy atom. The molecule has 1 aromatic heterocycles. The Kier molecular flexibility index (Phi) is 3.24. The smallest absolute Gasteiger partial charge is 0.264 e. The molecule has 2 aromatic rings. The Balaban J connectivity index is 1.64. The molecule has 1 aromatic carbocycles. The number of carbonyl (C=O) groups excluding carboxylic acids is 1. The van der Waals surface area contributed by atoms with E-state index in [-0.39, 0.29) is 17.8 Å². The standard InChI is InChI=1S/C16H16FN3O2S/c1-9-13-10(17)4-3-5-11(13)23-14(9)15(21)20-6-7-22-12(8-20)16(2)18-19-16/h3-5,12H,6-8H2,1-2H3. The minimum absolute atomic E-state index is 0.0688. The highest BCUT2D eigenvalue weighted by molar-refractivity contribution is 7.21. The molecule has 0 N–H and O–H groups in total.